The Kier molecular flexibility index (Phi) is 7.47. The number of hydrogen-bond acceptors (Lipinski definition) is 6. The van der Waals surface area contributed by atoms with Gasteiger partial charge in [-0.05, 0) is 36.6 Å². The van der Waals surface area contributed by atoms with Crippen LogP contribution < -0.4 is 15.2 Å². The number of morpholine rings is 1. The fourth-order valence-corrected chi connectivity index (χ4v) is 4.42. The Bertz CT molecular complexity index is 968. The van der Waals surface area contributed by atoms with Crippen molar-refractivity contribution >= 4 is 11.8 Å². The van der Waals surface area contributed by atoms with Crippen molar-refractivity contribution in [2.24, 2.45) is 5.73 Å². The maximum atomic E-state index is 12.0. The van der Waals surface area contributed by atoms with Crippen molar-refractivity contribution in [2.45, 2.75) is 38.1 Å². The average Bonchev–Trinajstić information content (AvgIpc) is 3.03. The van der Waals surface area contributed by atoms with Gasteiger partial charge in [-0.2, -0.15) is 0 Å². The molecule has 2 aliphatic rings. The predicted octanol–water partition coefficient (Wildman–Crippen LogP) is 1.95. The largest absolute Gasteiger partial charge is 0.489 e. The van der Waals surface area contributed by atoms with Gasteiger partial charge in [0.05, 0.1) is 12.1 Å². The van der Waals surface area contributed by atoms with E-state index >= 15 is 0 Å². The highest BCUT2D eigenvalue weighted by atomic mass is 16.5. The van der Waals surface area contributed by atoms with Crippen LogP contribution >= 0.6 is 0 Å². The molecule has 0 unspecified atom stereocenters. The number of carbonyl (C=O) groups excluding carboxylic acids is 2. The summed E-state index contributed by atoms with van der Waals surface area (Å²) in [7, 11) is 1.86. The van der Waals surface area contributed by atoms with Crippen LogP contribution in [-0.2, 0) is 27.5 Å². The molecule has 33 heavy (non-hydrogen) atoms. The van der Waals surface area contributed by atoms with E-state index in [2.05, 4.69) is 4.90 Å². The summed E-state index contributed by atoms with van der Waals surface area (Å²) >= 11 is 0. The zero-order valence-corrected chi connectivity index (χ0v) is 18.9. The fourth-order valence-electron chi connectivity index (χ4n) is 4.42. The third-order valence-corrected chi connectivity index (χ3v) is 6.26. The van der Waals surface area contributed by atoms with E-state index in [4.69, 9.17) is 19.9 Å². The zero-order valence-electron chi connectivity index (χ0n) is 18.9. The van der Waals surface area contributed by atoms with Crippen LogP contribution in [0.1, 0.15) is 24.0 Å². The van der Waals surface area contributed by atoms with Crippen molar-refractivity contribution < 1.29 is 23.8 Å². The molecule has 2 fully saturated rings. The molecule has 2 aliphatic heterocycles. The standard InChI is InChI=1S/C25H31N3O5/c1-27-21-9-11-28(12-10-23(21)33-17-25(27)30)14-19-13-20(7-8-22(19)32-16-24(26)29)31-15-18-5-3-2-4-6-18/h2-8,13,21,23H,9-12,14-17H2,1H3,(H2,26,29)/t21-,23-/m0/s1. The monoisotopic (exact) mass is 453 g/mol. The lowest BCUT2D eigenvalue weighted by Crippen LogP contribution is -2.52. The Morgan fingerprint density at radius 2 is 1.91 bits per heavy atom. The number of rotatable bonds is 8. The Balaban J connectivity index is 1.46. The molecular weight excluding hydrogens is 422 g/mol. The van der Waals surface area contributed by atoms with Gasteiger partial charge in [0.25, 0.3) is 5.91 Å². The molecule has 176 valence electrons. The summed E-state index contributed by atoms with van der Waals surface area (Å²) in [5, 5.41) is 0. The number of amides is 2. The number of nitrogens with zero attached hydrogens (tertiary/aromatic N) is 2. The molecule has 2 aromatic rings. The predicted molar refractivity (Wildman–Crippen MR) is 123 cm³/mol. The number of nitrogens with two attached hydrogens (primary N) is 1. The van der Waals surface area contributed by atoms with Crippen LogP contribution in [0.3, 0.4) is 0 Å². The highest BCUT2D eigenvalue weighted by molar-refractivity contribution is 5.78. The molecule has 0 aromatic heterocycles. The van der Waals surface area contributed by atoms with Crippen LogP contribution in [0.5, 0.6) is 11.5 Å². The third-order valence-electron chi connectivity index (χ3n) is 6.26. The SMILES string of the molecule is CN1C(=O)CO[C@H]2CCN(Cc3cc(OCc4ccccc4)ccc3OCC(N)=O)CC[C@@H]21. The normalized spacial score (nSPS) is 21.2. The number of hydrogen-bond donors (Lipinski definition) is 1. The minimum atomic E-state index is -0.519. The first-order valence-corrected chi connectivity index (χ1v) is 11.3. The van der Waals surface area contributed by atoms with Gasteiger partial charge in [-0.15, -0.1) is 0 Å². The van der Waals surface area contributed by atoms with E-state index in [0.29, 0.717) is 18.9 Å². The van der Waals surface area contributed by atoms with Crippen molar-refractivity contribution in [2.75, 3.05) is 33.4 Å². The number of primary amides is 1. The number of benzene rings is 2. The number of fused-ring (bicyclic) bond motifs is 1. The third kappa shape index (κ3) is 6.03. The van der Waals surface area contributed by atoms with Gasteiger partial charge >= 0.3 is 0 Å². The molecule has 0 aliphatic carbocycles. The van der Waals surface area contributed by atoms with Gasteiger partial charge in [-0.1, -0.05) is 30.3 Å². The first-order valence-electron chi connectivity index (χ1n) is 11.3. The Hall–Kier alpha value is -3.10. The van der Waals surface area contributed by atoms with Crippen LogP contribution in [-0.4, -0.2) is 67.1 Å². The van der Waals surface area contributed by atoms with Crippen molar-refractivity contribution in [3.63, 3.8) is 0 Å². The molecule has 8 heteroatoms. The second-order valence-electron chi connectivity index (χ2n) is 8.57. The molecule has 2 saturated heterocycles. The zero-order chi connectivity index (χ0) is 23.2. The summed E-state index contributed by atoms with van der Waals surface area (Å²) in [6.07, 6.45) is 1.75. The maximum absolute atomic E-state index is 12.0. The fraction of sp³-hybridized carbons (Fsp3) is 0.440. The summed E-state index contributed by atoms with van der Waals surface area (Å²) in [6, 6.07) is 15.7. The van der Waals surface area contributed by atoms with Crippen molar-refractivity contribution in [1.29, 1.82) is 0 Å². The molecule has 2 aromatic carbocycles. The van der Waals surface area contributed by atoms with Crippen molar-refractivity contribution in [1.82, 2.24) is 9.80 Å². The first-order chi connectivity index (χ1) is 16.0. The summed E-state index contributed by atoms with van der Waals surface area (Å²) in [5.41, 5.74) is 7.30. The van der Waals surface area contributed by atoms with E-state index in [1.807, 2.05) is 60.5 Å². The molecule has 8 nitrogen and oxygen atoms in total. The van der Waals surface area contributed by atoms with E-state index in [-0.39, 0.29) is 31.3 Å². The minimum Gasteiger partial charge on any atom is -0.489 e. The first kappa shape index (κ1) is 23.1. The lowest BCUT2D eigenvalue weighted by atomic mass is 10.0. The molecule has 0 saturated carbocycles. The molecule has 2 atom stereocenters. The molecule has 2 heterocycles. The second-order valence-corrected chi connectivity index (χ2v) is 8.57. The summed E-state index contributed by atoms with van der Waals surface area (Å²) in [5.74, 6) is 0.868. The second kappa shape index (κ2) is 10.7. The van der Waals surface area contributed by atoms with Gasteiger partial charge in [0, 0.05) is 32.2 Å². The van der Waals surface area contributed by atoms with Crippen molar-refractivity contribution in [3.8, 4) is 11.5 Å². The summed E-state index contributed by atoms with van der Waals surface area (Å²) in [6.45, 7) is 2.74. The summed E-state index contributed by atoms with van der Waals surface area (Å²) in [4.78, 5) is 27.4. The highest BCUT2D eigenvalue weighted by Gasteiger charge is 2.36. The van der Waals surface area contributed by atoms with E-state index in [1.54, 1.807) is 0 Å². The number of likely N-dealkylation sites (tertiary alicyclic amines) is 1. The molecular formula is C25H31N3O5. The molecule has 2 amide bonds. The minimum absolute atomic E-state index is 0.0371. The molecule has 0 bridgehead atoms. The van der Waals surface area contributed by atoms with Crippen LogP contribution in [0.4, 0.5) is 0 Å². The highest BCUT2D eigenvalue weighted by Crippen LogP contribution is 2.29. The van der Waals surface area contributed by atoms with E-state index < -0.39 is 5.91 Å². The van der Waals surface area contributed by atoms with E-state index in [1.165, 1.54) is 0 Å². The van der Waals surface area contributed by atoms with Gasteiger partial charge < -0.3 is 24.8 Å². The van der Waals surface area contributed by atoms with Gasteiger partial charge in [0.15, 0.2) is 6.61 Å². The lowest BCUT2D eigenvalue weighted by Gasteiger charge is -2.37. The van der Waals surface area contributed by atoms with Crippen LogP contribution in [0, 0.1) is 0 Å². The van der Waals surface area contributed by atoms with Gasteiger partial charge in [-0.3, -0.25) is 14.5 Å². The summed E-state index contributed by atoms with van der Waals surface area (Å²) < 4.78 is 17.5. The van der Waals surface area contributed by atoms with E-state index in [0.717, 1.165) is 42.8 Å². The van der Waals surface area contributed by atoms with E-state index in [9.17, 15) is 9.59 Å². The Morgan fingerprint density at radius 1 is 1.12 bits per heavy atom. The molecule has 4 rings (SSSR count). The van der Waals surface area contributed by atoms with Crippen LogP contribution in [0.15, 0.2) is 48.5 Å². The topological polar surface area (TPSA) is 94.3 Å². The number of carbonyl (C=O) groups is 2. The Labute approximate surface area is 194 Å². The van der Waals surface area contributed by atoms with Gasteiger partial charge in [-0.25, -0.2) is 0 Å². The van der Waals surface area contributed by atoms with Gasteiger partial charge in [0.2, 0.25) is 5.91 Å². The Morgan fingerprint density at radius 3 is 2.70 bits per heavy atom. The average molecular weight is 454 g/mol. The molecule has 0 radical (unpaired) electrons. The van der Waals surface area contributed by atoms with Crippen molar-refractivity contribution in [3.05, 3.63) is 59.7 Å². The maximum Gasteiger partial charge on any atom is 0.255 e. The molecule has 2 N–H and O–H groups in total. The molecule has 0 spiro atoms. The number of likely N-dealkylation sites (N-methyl/N-ethyl adjacent to an activating group) is 1. The lowest BCUT2D eigenvalue weighted by molar-refractivity contribution is -0.154. The number of ether oxygens (including phenoxy) is 3. The smallest absolute Gasteiger partial charge is 0.255 e. The van der Waals surface area contributed by atoms with Crippen LogP contribution in [0.25, 0.3) is 0 Å². The quantitative estimate of drug-likeness (QED) is 0.657. The van der Waals surface area contributed by atoms with Crippen LogP contribution in [0.2, 0.25) is 0 Å². The van der Waals surface area contributed by atoms with Gasteiger partial charge in [0.1, 0.15) is 24.7 Å².